The fourth-order valence-corrected chi connectivity index (χ4v) is 2.22. The van der Waals surface area contributed by atoms with Gasteiger partial charge in [-0.1, -0.05) is 19.3 Å². The average molecular weight is 169 g/mol. The van der Waals surface area contributed by atoms with Gasteiger partial charge in [0.15, 0.2) is 0 Å². The van der Waals surface area contributed by atoms with Gasteiger partial charge >= 0.3 is 0 Å². The van der Waals surface area contributed by atoms with Crippen LogP contribution in [0.3, 0.4) is 0 Å². The van der Waals surface area contributed by atoms with Gasteiger partial charge in [-0.15, -0.1) is 0 Å². The minimum Gasteiger partial charge on any atom is -0.330 e. The standard InChI is InChI=1S/C10H19NO/c11-9-10(7-4-8-12)5-2-1-3-6-10/h8H,1-7,9,11H2. The first kappa shape index (κ1) is 9.72. The van der Waals surface area contributed by atoms with Gasteiger partial charge in [0.2, 0.25) is 0 Å². The lowest BCUT2D eigenvalue weighted by Crippen LogP contribution is -2.32. The average Bonchev–Trinajstić information content (AvgIpc) is 2.16. The van der Waals surface area contributed by atoms with E-state index in [0.29, 0.717) is 11.8 Å². The van der Waals surface area contributed by atoms with E-state index in [-0.39, 0.29) is 0 Å². The van der Waals surface area contributed by atoms with Crippen molar-refractivity contribution >= 4 is 6.29 Å². The van der Waals surface area contributed by atoms with Crippen LogP contribution in [-0.4, -0.2) is 12.8 Å². The summed E-state index contributed by atoms with van der Waals surface area (Å²) in [6, 6.07) is 0. The van der Waals surface area contributed by atoms with E-state index in [2.05, 4.69) is 0 Å². The van der Waals surface area contributed by atoms with E-state index in [0.717, 1.165) is 19.3 Å². The summed E-state index contributed by atoms with van der Waals surface area (Å²) in [5.74, 6) is 0. The SMILES string of the molecule is NCC1(CCC=O)CCCCC1. The zero-order valence-corrected chi connectivity index (χ0v) is 7.72. The molecule has 0 spiro atoms. The van der Waals surface area contributed by atoms with Crippen LogP contribution in [0, 0.1) is 5.41 Å². The Bertz CT molecular complexity index is 139. The topological polar surface area (TPSA) is 43.1 Å². The fraction of sp³-hybridized carbons (Fsp3) is 0.900. The maximum atomic E-state index is 10.3. The Labute approximate surface area is 74.5 Å². The molecule has 1 aliphatic rings. The second kappa shape index (κ2) is 4.61. The highest BCUT2D eigenvalue weighted by Crippen LogP contribution is 2.38. The van der Waals surface area contributed by atoms with Crippen LogP contribution >= 0.6 is 0 Å². The van der Waals surface area contributed by atoms with Crippen molar-refractivity contribution in [2.45, 2.75) is 44.9 Å². The molecule has 1 aliphatic carbocycles. The van der Waals surface area contributed by atoms with Crippen LogP contribution in [0.15, 0.2) is 0 Å². The van der Waals surface area contributed by atoms with E-state index >= 15 is 0 Å². The summed E-state index contributed by atoms with van der Waals surface area (Å²) >= 11 is 0. The van der Waals surface area contributed by atoms with Gasteiger partial charge in [-0.05, 0) is 31.2 Å². The van der Waals surface area contributed by atoms with E-state index < -0.39 is 0 Å². The molecule has 1 fully saturated rings. The Morgan fingerprint density at radius 2 is 1.92 bits per heavy atom. The Kier molecular flexibility index (Phi) is 3.73. The molecule has 0 aromatic rings. The number of hydrogen-bond donors (Lipinski definition) is 1. The van der Waals surface area contributed by atoms with Crippen LogP contribution in [0.5, 0.6) is 0 Å². The molecule has 0 unspecified atom stereocenters. The molecular weight excluding hydrogens is 150 g/mol. The first-order chi connectivity index (χ1) is 5.83. The van der Waals surface area contributed by atoms with E-state index in [1.165, 1.54) is 32.1 Å². The molecule has 2 N–H and O–H groups in total. The maximum absolute atomic E-state index is 10.3. The lowest BCUT2D eigenvalue weighted by molar-refractivity contribution is -0.108. The smallest absolute Gasteiger partial charge is 0.120 e. The first-order valence-electron chi connectivity index (χ1n) is 4.97. The van der Waals surface area contributed by atoms with E-state index in [1.807, 2.05) is 0 Å². The van der Waals surface area contributed by atoms with Gasteiger partial charge in [0, 0.05) is 6.42 Å². The third-order valence-electron chi connectivity index (χ3n) is 3.14. The molecule has 0 amide bonds. The molecule has 1 saturated carbocycles. The number of nitrogens with two attached hydrogens (primary N) is 1. The Morgan fingerprint density at radius 3 is 2.42 bits per heavy atom. The molecule has 0 aromatic carbocycles. The summed E-state index contributed by atoms with van der Waals surface area (Å²) in [6.07, 6.45) is 9.14. The third-order valence-corrected chi connectivity index (χ3v) is 3.14. The van der Waals surface area contributed by atoms with Gasteiger partial charge in [0.25, 0.3) is 0 Å². The zero-order valence-electron chi connectivity index (χ0n) is 7.72. The van der Waals surface area contributed by atoms with Crippen molar-refractivity contribution in [1.29, 1.82) is 0 Å². The molecule has 0 atom stereocenters. The maximum Gasteiger partial charge on any atom is 0.120 e. The van der Waals surface area contributed by atoms with Gasteiger partial charge < -0.3 is 10.5 Å². The predicted molar refractivity (Wildman–Crippen MR) is 49.9 cm³/mol. The summed E-state index contributed by atoms with van der Waals surface area (Å²) in [5, 5.41) is 0. The quantitative estimate of drug-likeness (QED) is 0.653. The number of carbonyl (C=O) groups is 1. The lowest BCUT2D eigenvalue weighted by atomic mass is 9.71. The first-order valence-corrected chi connectivity index (χ1v) is 4.97. The molecule has 2 heteroatoms. The summed E-state index contributed by atoms with van der Waals surface area (Å²) in [4.78, 5) is 10.3. The van der Waals surface area contributed by atoms with Crippen molar-refractivity contribution in [1.82, 2.24) is 0 Å². The molecule has 0 radical (unpaired) electrons. The third kappa shape index (κ3) is 2.31. The Hall–Kier alpha value is -0.370. The minimum atomic E-state index is 0.319. The number of aldehydes is 1. The van der Waals surface area contributed by atoms with Gasteiger partial charge in [-0.25, -0.2) is 0 Å². The lowest BCUT2D eigenvalue weighted by Gasteiger charge is -2.35. The van der Waals surface area contributed by atoms with Gasteiger partial charge in [-0.2, -0.15) is 0 Å². The molecule has 0 heterocycles. The Balaban J connectivity index is 2.41. The predicted octanol–water partition coefficient (Wildman–Crippen LogP) is 1.87. The molecule has 2 nitrogen and oxygen atoms in total. The number of hydrogen-bond acceptors (Lipinski definition) is 2. The van der Waals surface area contributed by atoms with Crippen molar-refractivity contribution in [2.75, 3.05) is 6.54 Å². The van der Waals surface area contributed by atoms with Crippen LogP contribution in [0.1, 0.15) is 44.9 Å². The fourth-order valence-electron chi connectivity index (χ4n) is 2.22. The van der Waals surface area contributed by atoms with Gasteiger partial charge in [0.1, 0.15) is 6.29 Å². The summed E-state index contributed by atoms with van der Waals surface area (Å²) in [6.45, 7) is 0.765. The second-order valence-electron chi connectivity index (χ2n) is 3.97. The summed E-state index contributed by atoms with van der Waals surface area (Å²) in [7, 11) is 0. The van der Waals surface area contributed by atoms with Crippen LogP contribution in [0.4, 0.5) is 0 Å². The summed E-state index contributed by atoms with van der Waals surface area (Å²) < 4.78 is 0. The molecule has 70 valence electrons. The second-order valence-corrected chi connectivity index (χ2v) is 3.97. The van der Waals surface area contributed by atoms with Crippen molar-refractivity contribution < 1.29 is 4.79 Å². The highest BCUT2D eigenvalue weighted by atomic mass is 16.1. The van der Waals surface area contributed by atoms with Crippen molar-refractivity contribution in [3.05, 3.63) is 0 Å². The van der Waals surface area contributed by atoms with Crippen molar-refractivity contribution in [2.24, 2.45) is 11.1 Å². The van der Waals surface area contributed by atoms with E-state index in [1.54, 1.807) is 0 Å². The number of rotatable bonds is 4. The molecule has 1 rings (SSSR count). The zero-order chi connectivity index (χ0) is 8.86. The molecule has 0 bridgehead atoms. The Morgan fingerprint density at radius 1 is 1.25 bits per heavy atom. The molecule has 0 aromatic heterocycles. The van der Waals surface area contributed by atoms with Crippen molar-refractivity contribution in [3.63, 3.8) is 0 Å². The molecule has 12 heavy (non-hydrogen) atoms. The molecule has 0 aliphatic heterocycles. The monoisotopic (exact) mass is 169 g/mol. The van der Waals surface area contributed by atoms with Gasteiger partial charge in [-0.3, -0.25) is 0 Å². The van der Waals surface area contributed by atoms with Crippen molar-refractivity contribution in [3.8, 4) is 0 Å². The van der Waals surface area contributed by atoms with Crippen LogP contribution in [-0.2, 0) is 4.79 Å². The van der Waals surface area contributed by atoms with Crippen LogP contribution in [0.25, 0.3) is 0 Å². The van der Waals surface area contributed by atoms with Gasteiger partial charge in [0.05, 0.1) is 0 Å². The molecular formula is C10H19NO. The van der Waals surface area contributed by atoms with Crippen LogP contribution in [0.2, 0.25) is 0 Å². The largest absolute Gasteiger partial charge is 0.330 e. The van der Waals surface area contributed by atoms with E-state index in [9.17, 15) is 4.79 Å². The highest BCUT2D eigenvalue weighted by molar-refractivity contribution is 5.49. The van der Waals surface area contributed by atoms with E-state index in [4.69, 9.17) is 5.73 Å². The normalized spacial score (nSPS) is 22.1. The van der Waals surface area contributed by atoms with Crippen LogP contribution < -0.4 is 5.73 Å². The highest BCUT2D eigenvalue weighted by Gasteiger charge is 2.29. The summed E-state index contributed by atoms with van der Waals surface area (Å²) in [5.41, 5.74) is 6.08. The number of carbonyl (C=O) groups excluding carboxylic acids is 1. The minimum absolute atomic E-state index is 0.319. The molecule has 0 saturated heterocycles.